The number of nitrogens with zero attached hydrogens (tertiary/aromatic N) is 1. The summed E-state index contributed by atoms with van der Waals surface area (Å²) in [6.07, 6.45) is -2.85. The van der Waals surface area contributed by atoms with Crippen LogP contribution in [-0.4, -0.2) is 38.2 Å². The van der Waals surface area contributed by atoms with Crippen molar-refractivity contribution in [2.75, 3.05) is 33.3 Å². The van der Waals surface area contributed by atoms with E-state index in [0.29, 0.717) is 13.1 Å². The zero-order valence-corrected chi connectivity index (χ0v) is 11.9. The Morgan fingerprint density at radius 2 is 2.00 bits per heavy atom. The molecule has 0 aromatic heterocycles. The molecule has 3 nitrogen and oxygen atoms in total. The minimum atomic E-state index is -4.42. The number of halogens is 3. The van der Waals surface area contributed by atoms with E-state index in [9.17, 15) is 13.2 Å². The number of ether oxygens (including phenoxy) is 1. The second-order valence-corrected chi connectivity index (χ2v) is 4.92. The van der Waals surface area contributed by atoms with Crippen LogP contribution in [0.1, 0.15) is 17.2 Å². The van der Waals surface area contributed by atoms with Crippen molar-refractivity contribution in [2.45, 2.75) is 12.2 Å². The molecular weight excluding hydrogens is 281 g/mol. The lowest BCUT2D eigenvalue weighted by Crippen LogP contribution is -2.45. The van der Waals surface area contributed by atoms with Gasteiger partial charge in [0.1, 0.15) is 5.75 Å². The fourth-order valence-electron chi connectivity index (χ4n) is 2.60. The molecule has 6 heteroatoms. The summed E-state index contributed by atoms with van der Waals surface area (Å²) in [5.74, 6) is 0.203. The summed E-state index contributed by atoms with van der Waals surface area (Å²) in [5.41, 5.74) is -0.439. The fourth-order valence-corrected chi connectivity index (χ4v) is 2.60. The van der Waals surface area contributed by atoms with Gasteiger partial charge in [0.2, 0.25) is 0 Å². The SMILES string of the molecule is C=C[C@@H](c1ccc(OC)cc1C(F)(F)F)N1CCNCC1. The minimum absolute atomic E-state index is 0.203. The zero-order valence-electron chi connectivity index (χ0n) is 11.9. The van der Waals surface area contributed by atoms with Gasteiger partial charge in [0.15, 0.2) is 0 Å². The van der Waals surface area contributed by atoms with Gasteiger partial charge in [0.05, 0.1) is 18.7 Å². The van der Waals surface area contributed by atoms with Gasteiger partial charge in [-0.3, -0.25) is 4.90 Å². The molecule has 0 saturated carbocycles. The monoisotopic (exact) mass is 300 g/mol. The van der Waals surface area contributed by atoms with Gasteiger partial charge in [-0.1, -0.05) is 12.1 Å². The van der Waals surface area contributed by atoms with Gasteiger partial charge in [0, 0.05) is 26.2 Å². The van der Waals surface area contributed by atoms with Crippen molar-refractivity contribution in [3.63, 3.8) is 0 Å². The van der Waals surface area contributed by atoms with Crippen molar-refractivity contribution >= 4 is 0 Å². The molecule has 1 heterocycles. The molecule has 0 unspecified atom stereocenters. The second-order valence-electron chi connectivity index (χ2n) is 4.92. The van der Waals surface area contributed by atoms with Gasteiger partial charge < -0.3 is 10.1 Å². The molecule has 116 valence electrons. The number of hydrogen-bond acceptors (Lipinski definition) is 3. The molecule has 1 N–H and O–H groups in total. The van der Waals surface area contributed by atoms with Crippen LogP contribution in [0.25, 0.3) is 0 Å². The highest BCUT2D eigenvalue weighted by atomic mass is 19.4. The van der Waals surface area contributed by atoms with Crippen LogP contribution in [0.15, 0.2) is 30.9 Å². The van der Waals surface area contributed by atoms with E-state index in [4.69, 9.17) is 4.74 Å². The number of nitrogens with one attached hydrogen (secondary N) is 1. The predicted octanol–water partition coefficient (Wildman–Crippen LogP) is 2.85. The molecular formula is C15H19F3N2O. The van der Waals surface area contributed by atoms with Crippen LogP contribution >= 0.6 is 0 Å². The second kappa shape index (κ2) is 6.49. The molecule has 1 aromatic carbocycles. The zero-order chi connectivity index (χ0) is 15.5. The van der Waals surface area contributed by atoms with Crippen LogP contribution in [0.2, 0.25) is 0 Å². The molecule has 1 aromatic rings. The standard InChI is InChI=1S/C15H19F3N2O/c1-3-14(20-8-6-19-7-9-20)12-5-4-11(21-2)10-13(12)15(16,17)18/h3-5,10,14,19H,1,6-9H2,2H3/t14-/m0/s1. The maximum absolute atomic E-state index is 13.3. The van der Waals surface area contributed by atoms with Crippen molar-refractivity contribution in [2.24, 2.45) is 0 Å². The van der Waals surface area contributed by atoms with E-state index in [1.807, 2.05) is 4.90 Å². The summed E-state index contributed by atoms with van der Waals surface area (Å²) in [6.45, 7) is 6.64. The molecule has 0 bridgehead atoms. The number of benzene rings is 1. The number of rotatable bonds is 4. The van der Waals surface area contributed by atoms with Crippen LogP contribution in [0, 0.1) is 0 Å². The van der Waals surface area contributed by atoms with Crippen LogP contribution in [-0.2, 0) is 6.18 Å². The van der Waals surface area contributed by atoms with Crippen molar-refractivity contribution in [1.29, 1.82) is 0 Å². The Morgan fingerprint density at radius 3 is 2.52 bits per heavy atom. The van der Waals surface area contributed by atoms with Crippen LogP contribution in [0.4, 0.5) is 13.2 Å². The lowest BCUT2D eigenvalue weighted by atomic mass is 9.97. The smallest absolute Gasteiger partial charge is 0.416 e. The van der Waals surface area contributed by atoms with Gasteiger partial charge in [-0.05, 0) is 17.7 Å². The van der Waals surface area contributed by atoms with Gasteiger partial charge in [-0.15, -0.1) is 6.58 Å². The first-order valence-electron chi connectivity index (χ1n) is 6.80. The van der Waals surface area contributed by atoms with Gasteiger partial charge >= 0.3 is 6.18 Å². The first-order chi connectivity index (χ1) is 9.97. The fraction of sp³-hybridized carbons (Fsp3) is 0.467. The highest BCUT2D eigenvalue weighted by Crippen LogP contribution is 2.38. The normalized spacial score (nSPS) is 18.3. The summed E-state index contributed by atoms with van der Waals surface area (Å²) in [6, 6.07) is 3.64. The largest absolute Gasteiger partial charge is 0.497 e. The molecule has 0 aliphatic carbocycles. The number of alkyl halides is 3. The van der Waals surface area contributed by atoms with Crippen LogP contribution in [0.3, 0.4) is 0 Å². The van der Waals surface area contributed by atoms with E-state index in [-0.39, 0.29) is 11.3 Å². The molecule has 1 fully saturated rings. The van der Waals surface area contributed by atoms with E-state index in [1.165, 1.54) is 13.2 Å². The summed E-state index contributed by atoms with van der Waals surface area (Å²) in [4.78, 5) is 2.00. The number of hydrogen-bond donors (Lipinski definition) is 1. The molecule has 1 saturated heterocycles. The predicted molar refractivity (Wildman–Crippen MR) is 75.4 cm³/mol. The molecule has 0 amide bonds. The van der Waals surface area contributed by atoms with E-state index in [2.05, 4.69) is 11.9 Å². The Morgan fingerprint density at radius 1 is 1.33 bits per heavy atom. The van der Waals surface area contributed by atoms with Crippen molar-refractivity contribution in [3.05, 3.63) is 42.0 Å². The molecule has 0 radical (unpaired) electrons. The Balaban J connectivity index is 2.42. The van der Waals surface area contributed by atoms with Gasteiger partial charge in [0.25, 0.3) is 0 Å². The van der Waals surface area contributed by atoms with Crippen LogP contribution in [0.5, 0.6) is 5.75 Å². The minimum Gasteiger partial charge on any atom is -0.497 e. The number of methoxy groups -OCH3 is 1. The average Bonchev–Trinajstić information content (AvgIpc) is 2.48. The van der Waals surface area contributed by atoms with Crippen molar-refractivity contribution < 1.29 is 17.9 Å². The maximum Gasteiger partial charge on any atom is 0.416 e. The average molecular weight is 300 g/mol. The summed E-state index contributed by atoms with van der Waals surface area (Å²) in [7, 11) is 1.36. The summed E-state index contributed by atoms with van der Waals surface area (Å²) >= 11 is 0. The molecule has 21 heavy (non-hydrogen) atoms. The Labute approximate surface area is 122 Å². The van der Waals surface area contributed by atoms with E-state index in [0.717, 1.165) is 19.2 Å². The third kappa shape index (κ3) is 3.57. The molecule has 1 atom stereocenters. The Bertz CT molecular complexity index is 496. The lowest BCUT2D eigenvalue weighted by molar-refractivity contribution is -0.138. The highest BCUT2D eigenvalue weighted by Gasteiger charge is 2.36. The summed E-state index contributed by atoms with van der Waals surface area (Å²) in [5, 5.41) is 3.19. The molecule has 1 aliphatic heterocycles. The third-order valence-corrected chi connectivity index (χ3v) is 3.65. The first kappa shape index (κ1) is 15.9. The van der Waals surface area contributed by atoms with Crippen LogP contribution < -0.4 is 10.1 Å². The van der Waals surface area contributed by atoms with Gasteiger partial charge in [-0.2, -0.15) is 13.2 Å². The summed E-state index contributed by atoms with van der Waals surface area (Å²) < 4.78 is 44.8. The first-order valence-corrected chi connectivity index (χ1v) is 6.80. The maximum atomic E-state index is 13.3. The van der Waals surface area contributed by atoms with Crippen molar-refractivity contribution in [3.8, 4) is 5.75 Å². The van der Waals surface area contributed by atoms with E-state index >= 15 is 0 Å². The quantitative estimate of drug-likeness (QED) is 0.865. The van der Waals surface area contributed by atoms with E-state index < -0.39 is 17.8 Å². The van der Waals surface area contributed by atoms with Gasteiger partial charge in [-0.25, -0.2) is 0 Å². The Kier molecular flexibility index (Phi) is 4.90. The van der Waals surface area contributed by atoms with Crippen molar-refractivity contribution in [1.82, 2.24) is 10.2 Å². The third-order valence-electron chi connectivity index (χ3n) is 3.65. The molecule has 2 rings (SSSR count). The highest BCUT2D eigenvalue weighted by molar-refractivity contribution is 5.40. The Hall–Kier alpha value is -1.53. The van der Waals surface area contributed by atoms with E-state index in [1.54, 1.807) is 12.1 Å². The number of piperazine rings is 1. The topological polar surface area (TPSA) is 24.5 Å². The molecule has 0 spiro atoms. The lowest BCUT2D eigenvalue weighted by Gasteiger charge is -2.34. The molecule has 1 aliphatic rings.